The van der Waals surface area contributed by atoms with Crippen molar-refractivity contribution >= 4 is 11.8 Å². The summed E-state index contributed by atoms with van der Waals surface area (Å²) in [6.07, 6.45) is 3.56. The first-order chi connectivity index (χ1) is 12.1. The van der Waals surface area contributed by atoms with E-state index < -0.39 is 5.97 Å². The van der Waals surface area contributed by atoms with Gasteiger partial charge in [-0.3, -0.25) is 4.79 Å². The molecule has 0 spiro atoms. The molecular formula is C19H23NO5. The largest absolute Gasteiger partial charge is 0.469 e. The molecule has 1 unspecified atom stereocenters. The minimum atomic E-state index is -0.450. The van der Waals surface area contributed by atoms with E-state index in [0.29, 0.717) is 42.9 Å². The summed E-state index contributed by atoms with van der Waals surface area (Å²) >= 11 is 0. The molecule has 134 valence electrons. The van der Waals surface area contributed by atoms with Gasteiger partial charge in [0.2, 0.25) is 0 Å². The molecule has 0 saturated heterocycles. The molecule has 1 aliphatic carbocycles. The van der Waals surface area contributed by atoms with Crippen LogP contribution in [0.2, 0.25) is 0 Å². The van der Waals surface area contributed by atoms with Gasteiger partial charge in [-0.05, 0) is 37.5 Å². The number of nitrogens with one attached hydrogen (secondary N) is 1. The smallest absolute Gasteiger partial charge is 0.355 e. The summed E-state index contributed by atoms with van der Waals surface area (Å²) in [6, 6.07) is 3.70. The van der Waals surface area contributed by atoms with Gasteiger partial charge >= 0.3 is 5.97 Å². The SMILES string of the molecule is CCCOCCOC(=O)c1[nH]c2c(c1C)C(=O)CC(c1ccco1)C2. The lowest BCUT2D eigenvalue weighted by Gasteiger charge is -2.19. The van der Waals surface area contributed by atoms with E-state index in [1.54, 1.807) is 13.2 Å². The number of esters is 1. The summed E-state index contributed by atoms with van der Waals surface area (Å²) in [5.41, 5.74) is 2.42. The molecule has 3 rings (SSSR count). The summed E-state index contributed by atoms with van der Waals surface area (Å²) in [5.74, 6) is 0.374. The number of carbonyl (C=O) groups is 2. The molecule has 2 aromatic rings. The molecule has 1 atom stereocenters. The zero-order valence-electron chi connectivity index (χ0n) is 14.6. The molecule has 6 heteroatoms. The van der Waals surface area contributed by atoms with Crippen LogP contribution in [-0.2, 0) is 15.9 Å². The number of ether oxygens (including phenoxy) is 2. The van der Waals surface area contributed by atoms with Crippen LogP contribution in [0.3, 0.4) is 0 Å². The fraction of sp³-hybridized carbons (Fsp3) is 0.474. The van der Waals surface area contributed by atoms with Crippen LogP contribution in [0.1, 0.15) is 63.5 Å². The fourth-order valence-electron chi connectivity index (χ4n) is 3.27. The molecule has 2 heterocycles. The topological polar surface area (TPSA) is 81.5 Å². The van der Waals surface area contributed by atoms with Gasteiger partial charge in [0.25, 0.3) is 0 Å². The Balaban J connectivity index is 1.71. The predicted molar refractivity (Wildman–Crippen MR) is 91.0 cm³/mol. The maximum absolute atomic E-state index is 12.5. The highest BCUT2D eigenvalue weighted by Gasteiger charge is 2.33. The Kier molecular flexibility index (Phi) is 5.38. The third-order valence-electron chi connectivity index (χ3n) is 4.45. The molecule has 0 amide bonds. The lowest BCUT2D eigenvalue weighted by Crippen LogP contribution is -2.18. The van der Waals surface area contributed by atoms with Crippen LogP contribution in [0.15, 0.2) is 22.8 Å². The van der Waals surface area contributed by atoms with E-state index in [2.05, 4.69) is 4.98 Å². The molecule has 0 bridgehead atoms. The van der Waals surface area contributed by atoms with Gasteiger partial charge < -0.3 is 18.9 Å². The standard InChI is InChI=1S/C19H23NO5/c1-3-6-23-8-9-25-19(22)18-12(2)17-14(20-18)10-13(11-15(17)21)16-5-4-7-24-16/h4-5,7,13,20H,3,6,8-11H2,1-2H3. The van der Waals surface area contributed by atoms with Crippen LogP contribution >= 0.6 is 0 Å². The highest BCUT2D eigenvalue weighted by atomic mass is 16.6. The number of furan rings is 1. The van der Waals surface area contributed by atoms with Gasteiger partial charge in [0.15, 0.2) is 5.78 Å². The van der Waals surface area contributed by atoms with Crippen molar-refractivity contribution in [2.75, 3.05) is 19.8 Å². The molecule has 0 aliphatic heterocycles. The van der Waals surface area contributed by atoms with Gasteiger partial charge in [-0.15, -0.1) is 0 Å². The van der Waals surface area contributed by atoms with Crippen molar-refractivity contribution in [2.24, 2.45) is 0 Å². The molecule has 2 aromatic heterocycles. The van der Waals surface area contributed by atoms with Crippen LogP contribution in [-0.4, -0.2) is 36.6 Å². The second kappa shape index (κ2) is 7.70. The van der Waals surface area contributed by atoms with E-state index in [-0.39, 0.29) is 18.3 Å². The van der Waals surface area contributed by atoms with Crippen LogP contribution in [0, 0.1) is 6.92 Å². The fourth-order valence-corrected chi connectivity index (χ4v) is 3.27. The van der Waals surface area contributed by atoms with Crippen LogP contribution in [0.5, 0.6) is 0 Å². The summed E-state index contributed by atoms with van der Waals surface area (Å²) < 4.78 is 16.0. The molecule has 1 aliphatic rings. The third-order valence-corrected chi connectivity index (χ3v) is 4.45. The maximum atomic E-state index is 12.5. The van der Waals surface area contributed by atoms with E-state index in [1.165, 1.54) is 0 Å². The van der Waals surface area contributed by atoms with E-state index in [0.717, 1.165) is 17.9 Å². The number of aromatic amines is 1. The van der Waals surface area contributed by atoms with E-state index >= 15 is 0 Å². The van der Waals surface area contributed by atoms with Crippen molar-refractivity contribution in [3.63, 3.8) is 0 Å². The lowest BCUT2D eigenvalue weighted by molar-refractivity contribution is 0.0312. The number of H-pyrrole nitrogens is 1. The number of Topliss-reactive ketones (excluding diaryl/α,β-unsaturated/α-hetero) is 1. The molecule has 0 fully saturated rings. The van der Waals surface area contributed by atoms with E-state index in [4.69, 9.17) is 13.9 Å². The van der Waals surface area contributed by atoms with Gasteiger partial charge in [0.1, 0.15) is 18.1 Å². The first-order valence-corrected chi connectivity index (χ1v) is 8.64. The number of hydrogen-bond donors (Lipinski definition) is 1. The van der Waals surface area contributed by atoms with Gasteiger partial charge in [0, 0.05) is 30.2 Å². The predicted octanol–water partition coefficient (Wildman–Crippen LogP) is 3.41. The number of hydrogen-bond acceptors (Lipinski definition) is 5. The Morgan fingerprint density at radius 2 is 2.16 bits per heavy atom. The second-order valence-corrected chi connectivity index (χ2v) is 6.27. The van der Waals surface area contributed by atoms with Crippen molar-refractivity contribution in [1.82, 2.24) is 4.98 Å². The average molecular weight is 345 g/mol. The van der Waals surface area contributed by atoms with Crippen LogP contribution in [0.25, 0.3) is 0 Å². The number of fused-ring (bicyclic) bond motifs is 1. The van der Waals surface area contributed by atoms with Crippen molar-refractivity contribution in [3.05, 3.63) is 46.7 Å². The zero-order valence-corrected chi connectivity index (χ0v) is 14.6. The van der Waals surface area contributed by atoms with Crippen LogP contribution < -0.4 is 0 Å². The van der Waals surface area contributed by atoms with E-state index in [1.807, 2.05) is 19.1 Å². The van der Waals surface area contributed by atoms with Crippen molar-refractivity contribution in [3.8, 4) is 0 Å². The average Bonchev–Trinajstić information content (AvgIpc) is 3.23. The Bertz CT molecular complexity index is 744. The van der Waals surface area contributed by atoms with Crippen molar-refractivity contribution in [2.45, 2.75) is 39.0 Å². The monoisotopic (exact) mass is 345 g/mol. The molecule has 0 saturated carbocycles. The highest BCUT2D eigenvalue weighted by Crippen LogP contribution is 2.35. The highest BCUT2D eigenvalue weighted by molar-refractivity contribution is 6.03. The molecule has 25 heavy (non-hydrogen) atoms. The van der Waals surface area contributed by atoms with Crippen molar-refractivity contribution in [1.29, 1.82) is 0 Å². The Hall–Kier alpha value is -2.34. The van der Waals surface area contributed by atoms with Gasteiger partial charge in [0.05, 0.1) is 12.9 Å². The molecule has 1 N–H and O–H groups in total. The number of ketones is 1. The quantitative estimate of drug-likeness (QED) is 0.614. The van der Waals surface area contributed by atoms with E-state index in [9.17, 15) is 9.59 Å². The summed E-state index contributed by atoms with van der Waals surface area (Å²) in [7, 11) is 0. The Morgan fingerprint density at radius 3 is 2.88 bits per heavy atom. The summed E-state index contributed by atoms with van der Waals surface area (Å²) in [6.45, 7) is 5.02. The maximum Gasteiger partial charge on any atom is 0.355 e. The summed E-state index contributed by atoms with van der Waals surface area (Å²) in [4.78, 5) is 27.9. The number of aromatic nitrogens is 1. The molecule has 0 aromatic carbocycles. The molecule has 6 nitrogen and oxygen atoms in total. The number of rotatable bonds is 7. The van der Waals surface area contributed by atoms with Crippen LogP contribution in [0.4, 0.5) is 0 Å². The summed E-state index contributed by atoms with van der Waals surface area (Å²) in [5, 5.41) is 0. The van der Waals surface area contributed by atoms with Gasteiger partial charge in [-0.25, -0.2) is 4.79 Å². The first-order valence-electron chi connectivity index (χ1n) is 8.64. The lowest BCUT2D eigenvalue weighted by atomic mass is 9.84. The zero-order chi connectivity index (χ0) is 17.8. The van der Waals surface area contributed by atoms with Gasteiger partial charge in [-0.2, -0.15) is 0 Å². The minimum absolute atomic E-state index is 0.000589. The number of carbonyl (C=O) groups excluding carboxylic acids is 2. The Labute approximate surface area is 146 Å². The normalized spacial score (nSPS) is 16.7. The van der Waals surface area contributed by atoms with Gasteiger partial charge in [-0.1, -0.05) is 6.92 Å². The third kappa shape index (κ3) is 3.69. The Morgan fingerprint density at radius 1 is 1.32 bits per heavy atom. The first kappa shape index (κ1) is 17.5. The minimum Gasteiger partial charge on any atom is -0.469 e. The van der Waals surface area contributed by atoms with Crippen molar-refractivity contribution < 1.29 is 23.5 Å². The second-order valence-electron chi connectivity index (χ2n) is 6.27. The molecular weight excluding hydrogens is 322 g/mol. The molecule has 0 radical (unpaired) electrons.